The summed E-state index contributed by atoms with van der Waals surface area (Å²) in [6, 6.07) is 13.4. The Labute approximate surface area is 159 Å². The minimum absolute atomic E-state index is 0.167. The molecule has 2 N–H and O–H groups in total. The number of amides is 1. The van der Waals surface area contributed by atoms with Crippen LogP contribution in [0.3, 0.4) is 0 Å². The third-order valence-corrected chi connectivity index (χ3v) is 4.73. The quantitative estimate of drug-likeness (QED) is 0.765. The lowest BCUT2D eigenvalue weighted by molar-refractivity contribution is -0.139. The molecule has 0 saturated carbocycles. The first-order chi connectivity index (χ1) is 12.9. The summed E-state index contributed by atoms with van der Waals surface area (Å²) in [5.74, 6) is -0.766. The van der Waals surface area contributed by atoms with Gasteiger partial charge in [0.15, 0.2) is 11.8 Å². The molecule has 3 rings (SSSR count). The van der Waals surface area contributed by atoms with Gasteiger partial charge in [-0.3, -0.25) is 4.79 Å². The van der Waals surface area contributed by atoms with Crippen molar-refractivity contribution in [2.75, 3.05) is 18.6 Å². The highest BCUT2D eigenvalue weighted by atomic mass is 32.2. The molecule has 0 spiro atoms. The first kappa shape index (κ1) is 18.5. The van der Waals surface area contributed by atoms with Crippen LogP contribution in [-0.2, 0) is 9.59 Å². The number of ether oxygens (including phenoxy) is 1. The summed E-state index contributed by atoms with van der Waals surface area (Å²) in [6.07, 6.45) is 1.72. The van der Waals surface area contributed by atoms with Gasteiger partial charge in [-0.2, -0.15) is 4.99 Å². The number of benzene rings is 2. The van der Waals surface area contributed by atoms with Gasteiger partial charge in [0, 0.05) is 12.7 Å². The number of aliphatic carboxylic acids is 1. The van der Waals surface area contributed by atoms with Crippen LogP contribution >= 0.6 is 11.8 Å². The summed E-state index contributed by atoms with van der Waals surface area (Å²) in [5.41, 5.74) is 1.57. The molecule has 1 aliphatic heterocycles. The Morgan fingerprint density at radius 3 is 2.48 bits per heavy atom. The fraction of sp³-hybridized carbons (Fsp3) is 0.105. The van der Waals surface area contributed by atoms with E-state index in [0.717, 1.165) is 11.3 Å². The van der Waals surface area contributed by atoms with E-state index in [0.29, 0.717) is 15.8 Å². The second kappa shape index (κ2) is 7.96. The number of nitrogens with zero attached hydrogens (tertiary/aromatic N) is 2. The second-order valence-corrected chi connectivity index (χ2v) is 6.65. The smallest absolute Gasteiger partial charge is 0.341 e. The van der Waals surface area contributed by atoms with Gasteiger partial charge in [-0.25, -0.2) is 4.79 Å². The number of rotatable bonds is 5. The number of thioether (sulfide) groups is 1. The van der Waals surface area contributed by atoms with Gasteiger partial charge in [-0.15, -0.1) is 0 Å². The van der Waals surface area contributed by atoms with E-state index >= 15 is 0 Å². The van der Waals surface area contributed by atoms with Crippen molar-refractivity contribution in [1.29, 1.82) is 0 Å². The monoisotopic (exact) mass is 384 g/mol. The Morgan fingerprint density at radius 1 is 1.19 bits per heavy atom. The van der Waals surface area contributed by atoms with Crippen LogP contribution in [0.1, 0.15) is 5.56 Å². The van der Waals surface area contributed by atoms with Crippen molar-refractivity contribution in [3.8, 4) is 11.5 Å². The number of carbonyl (C=O) groups excluding carboxylic acids is 1. The van der Waals surface area contributed by atoms with Gasteiger partial charge in [-0.05, 0) is 59.8 Å². The van der Waals surface area contributed by atoms with Crippen molar-refractivity contribution in [2.24, 2.45) is 4.99 Å². The number of phenolic OH excluding ortho intramolecular Hbond substituents is 1. The third kappa shape index (κ3) is 4.68. The van der Waals surface area contributed by atoms with E-state index < -0.39 is 12.6 Å². The van der Waals surface area contributed by atoms with E-state index in [-0.39, 0.29) is 11.7 Å². The molecule has 0 aliphatic carbocycles. The fourth-order valence-corrected chi connectivity index (χ4v) is 3.18. The van der Waals surface area contributed by atoms with E-state index in [1.54, 1.807) is 66.6 Å². The second-order valence-electron chi connectivity index (χ2n) is 5.64. The zero-order valence-corrected chi connectivity index (χ0v) is 15.1. The lowest BCUT2D eigenvalue weighted by Crippen LogP contribution is -2.21. The molecule has 1 amide bonds. The van der Waals surface area contributed by atoms with Gasteiger partial charge < -0.3 is 19.8 Å². The normalized spacial score (nSPS) is 14.9. The zero-order chi connectivity index (χ0) is 19.4. The molecule has 1 heterocycles. The van der Waals surface area contributed by atoms with Crippen molar-refractivity contribution in [1.82, 2.24) is 0 Å². The molecule has 0 unspecified atom stereocenters. The Balaban J connectivity index is 1.69. The Morgan fingerprint density at radius 2 is 1.85 bits per heavy atom. The van der Waals surface area contributed by atoms with Gasteiger partial charge in [-0.1, -0.05) is 12.1 Å². The minimum Gasteiger partial charge on any atom is -0.508 e. The molecule has 2 aromatic carbocycles. The van der Waals surface area contributed by atoms with Crippen LogP contribution in [0.4, 0.5) is 5.69 Å². The number of aromatic hydroxyl groups is 1. The number of carboxylic acid groups (broad SMARTS) is 1. The van der Waals surface area contributed by atoms with Crippen LogP contribution in [0.25, 0.3) is 6.08 Å². The van der Waals surface area contributed by atoms with Crippen LogP contribution in [0.15, 0.2) is 58.4 Å². The molecule has 7 nitrogen and oxygen atoms in total. The maximum Gasteiger partial charge on any atom is 0.341 e. The Hall–Kier alpha value is -3.26. The van der Waals surface area contributed by atoms with Crippen LogP contribution in [0, 0.1) is 0 Å². The first-order valence-corrected chi connectivity index (χ1v) is 8.74. The highest BCUT2D eigenvalue weighted by Gasteiger charge is 2.25. The van der Waals surface area contributed by atoms with Crippen molar-refractivity contribution < 1.29 is 24.5 Å². The fourth-order valence-electron chi connectivity index (χ4n) is 2.28. The standard InChI is InChI=1S/C19H16N2O5S/c1-21(13-4-6-14(22)7-5-13)19-20-18(25)16(27-19)10-12-2-8-15(9-3-12)26-11-17(23)24/h2-10,22H,11H2,1H3,(H,23,24). The predicted molar refractivity (Wildman–Crippen MR) is 104 cm³/mol. The van der Waals surface area contributed by atoms with Crippen LogP contribution in [0.2, 0.25) is 0 Å². The first-order valence-electron chi connectivity index (χ1n) is 7.92. The summed E-state index contributed by atoms with van der Waals surface area (Å²) in [6.45, 7) is -0.407. The van der Waals surface area contributed by atoms with E-state index in [4.69, 9.17) is 9.84 Å². The average Bonchev–Trinajstić information content (AvgIpc) is 3.01. The van der Waals surface area contributed by atoms with Crippen molar-refractivity contribution in [3.63, 3.8) is 0 Å². The Bertz CT molecular complexity index is 920. The van der Waals surface area contributed by atoms with E-state index in [1.807, 2.05) is 0 Å². The molecule has 2 aromatic rings. The van der Waals surface area contributed by atoms with Crippen molar-refractivity contribution in [2.45, 2.75) is 0 Å². The average molecular weight is 384 g/mol. The van der Waals surface area contributed by atoms with Crippen LogP contribution in [-0.4, -0.2) is 40.9 Å². The molecule has 8 heteroatoms. The van der Waals surface area contributed by atoms with Crippen molar-refractivity contribution >= 4 is 40.6 Å². The van der Waals surface area contributed by atoms with Gasteiger partial charge in [0.2, 0.25) is 0 Å². The number of hydrogen-bond donors (Lipinski definition) is 2. The molecule has 0 bridgehead atoms. The van der Waals surface area contributed by atoms with Crippen LogP contribution < -0.4 is 9.64 Å². The van der Waals surface area contributed by atoms with Gasteiger partial charge in [0.1, 0.15) is 11.5 Å². The van der Waals surface area contributed by atoms with Gasteiger partial charge >= 0.3 is 5.97 Å². The summed E-state index contributed by atoms with van der Waals surface area (Å²) < 4.78 is 5.08. The molecule has 0 atom stereocenters. The number of phenols is 1. The molecular weight excluding hydrogens is 368 g/mol. The number of hydrogen-bond acceptors (Lipinski definition) is 6. The molecule has 0 aromatic heterocycles. The number of carboxylic acids is 1. The molecule has 1 aliphatic rings. The molecule has 138 valence electrons. The molecule has 0 fully saturated rings. The number of anilines is 1. The minimum atomic E-state index is -1.04. The predicted octanol–water partition coefficient (Wildman–Crippen LogP) is 2.96. The van der Waals surface area contributed by atoms with E-state index in [2.05, 4.69) is 4.99 Å². The lowest BCUT2D eigenvalue weighted by atomic mass is 10.2. The lowest BCUT2D eigenvalue weighted by Gasteiger charge is -2.17. The van der Waals surface area contributed by atoms with E-state index in [9.17, 15) is 14.7 Å². The summed E-state index contributed by atoms with van der Waals surface area (Å²) in [7, 11) is 1.79. The maximum atomic E-state index is 12.2. The topological polar surface area (TPSA) is 99.4 Å². The molecule has 0 saturated heterocycles. The third-order valence-electron chi connectivity index (χ3n) is 3.67. The molecular formula is C19H16N2O5S. The SMILES string of the molecule is CN(C1=NC(=O)C(=Cc2ccc(OCC(=O)O)cc2)S1)c1ccc(O)cc1. The van der Waals surface area contributed by atoms with E-state index in [1.165, 1.54) is 11.8 Å². The molecule has 27 heavy (non-hydrogen) atoms. The highest BCUT2D eigenvalue weighted by Crippen LogP contribution is 2.32. The van der Waals surface area contributed by atoms with Gasteiger partial charge in [0.05, 0.1) is 4.91 Å². The Kier molecular flexibility index (Phi) is 5.46. The largest absolute Gasteiger partial charge is 0.508 e. The van der Waals surface area contributed by atoms with Gasteiger partial charge in [0.25, 0.3) is 5.91 Å². The molecule has 0 radical (unpaired) electrons. The van der Waals surface area contributed by atoms with Crippen LogP contribution in [0.5, 0.6) is 11.5 Å². The highest BCUT2D eigenvalue weighted by molar-refractivity contribution is 8.18. The van der Waals surface area contributed by atoms with Crippen molar-refractivity contribution in [3.05, 3.63) is 59.0 Å². The maximum absolute atomic E-state index is 12.2. The number of amidine groups is 1. The zero-order valence-electron chi connectivity index (χ0n) is 14.3. The number of carbonyl (C=O) groups is 2. The summed E-state index contributed by atoms with van der Waals surface area (Å²) >= 11 is 1.26. The number of aliphatic imine (C=N–C) groups is 1. The summed E-state index contributed by atoms with van der Waals surface area (Å²) in [5, 5.41) is 18.5. The summed E-state index contributed by atoms with van der Waals surface area (Å²) in [4.78, 5) is 29.0.